The van der Waals surface area contributed by atoms with Crippen LogP contribution in [0.1, 0.15) is 11.1 Å². The summed E-state index contributed by atoms with van der Waals surface area (Å²) < 4.78 is 11.4. The molecular formula is C80H46N6S. The zero-order chi connectivity index (χ0) is 57.4. The van der Waals surface area contributed by atoms with E-state index < -0.39 is 0 Å². The minimum absolute atomic E-state index is 0.413. The van der Waals surface area contributed by atoms with Gasteiger partial charge in [-0.25, -0.2) is 0 Å². The summed E-state index contributed by atoms with van der Waals surface area (Å²) in [5.74, 6) is 0. The van der Waals surface area contributed by atoms with Gasteiger partial charge in [-0.15, -0.1) is 11.3 Å². The highest BCUT2D eigenvalue weighted by Gasteiger charge is 2.35. The largest absolute Gasteiger partial charge is 0.306 e. The quantitative estimate of drug-likeness (QED) is 0.160. The van der Waals surface area contributed by atoms with Gasteiger partial charge in [0.1, 0.15) is 23.3 Å². The molecular weight excluding hydrogens is 1080 g/mol. The molecule has 0 N–H and O–H groups in total. The highest BCUT2D eigenvalue weighted by atomic mass is 32.1. The SMILES string of the molecule is N#Cc1c(-n2c3ccccc3c3ccccc32)c(-n2c3ccccc3c3ccccc32)c(C#N)c(-n2c3ccc(-c4c(-c5ccccc5)cccc4-c4ccccc4)cc3c3ccc4c5ccccc5sc4c32)c1-n1c2ccccc2c2ccccc21. The smallest absolute Gasteiger partial charge is 0.104 e. The Bertz CT molecular complexity index is 5820. The summed E-state index contributed by atoms with van der Waals surface area (Å²) in [5, 5.41) is 36.6. The standard InChI is InChI=1S/C80H46N6S/c81-47-64-75(83-66-35-14-7-26-54(66)55-27-8-15-36-67(55)83)76(84-68-37-16-9-28-56(68)57-29-10-17-38-69(57)84)65(48-82)78(77(64)85-70-39-18-11-30-58(70)59-31-12-19-40-71(59)85)86-72-45-42-51(46-63(72)61-43-44-62-60-32-13-20-41-73(60)87-80(62)79(61)86)74-52(49-22-3-1-4-23-49)33-21-34-53(74)50-24-5-2-6-25-50/h1-46H. The minimum Gasteiger partial charge on any atom is -0.306 e. The molecule has 0 saturated carbocycles. The summed E-state index contributed by atoms with van der Waals surface area (Å²) in [6, 6.07) is 105. The first kappa shape index (κ1) is 48.8. The lowest BCUT2D eigenvalue weighted by molar-refractivity contribution is 1.03. The molecule has 18 rings (SSSR count). The Hall–Kier alpha value is -11.7. The van der Waals surface area contributed by atoms with E-state index in [9.17, 15) is 10.5 Å². The lowest BCUT2D eigenvalue weighted by Crippen LogP contribution is -2.16. The van der Waals surface area contributed by atoms with Crippen LogP contribution in [-0.4, -0.2) is 18.3 Å². The van der Waals surface area contributed by atoms with Crippen molar-refractivity contribution in [2.75, 3.05) is 0 Å². The first-order valence-electron chi connectivity index (χ1n) is 29.3. The molecule has 5 aromatic heterocycles. The molecule has 0 radical (unpaired) electrons. The number of fused-ring (bicyclic) bond motifs is 16. The Balaban J connectivity index is 1.10. The van der Waals surface area contributed by atoms with Gasteiger partial charge in [0.2, 0.25) is 0 Å². The highest BCUT2D eigenvalue weighted by molar-refractivity contribution is 7.26. The zero-order valence-electron chi connectivity index (χ0n) is 46.6. The van der Waals surface area contributed by atoms with Crippen LogP contribution in [0.4, 0.5) is 0 Å². The third-order valence-electron chi connectivity index (χ3n) is 18.0. The van der Waals surface area contributed by atoms with Crippen molar-refractivity contribution in [2.45, 2.75) is 0 Å². The second-order valence-corrected chi connectivity index (χ2v) is 23.5. The number of nitrogens with zero attached hydrogens (tertiary/aromatic N) is 6. The summed E-state index contributed by atoms with van der Waals surface area (Å²) in [7, 11) is 0. The van der Waals surface area contributed by atoms with Gasteiger partial charge >= 0.3 is 0 Å². The number of benzene rings is 13. The van der Waals surface area contributed by atoms with Gasteiger partial charge in [-0.1, -0.05) is 224 Å². The summed E-state index contributed by atoms with van der Waals surface area (Å²) in [6.45, 7) is 0. The Kier molecular flexibility index (Phi) is 10.6. The fourth-order valence-corrected chi connectivity index (χ4v) is 15.8. The van der Waals surface area contributed by atoms with Gasteiger partial charge in [0, 0.05) is 58.6 Å². The first-order valence-corrected chi connectivity index (χ1v) is 30.1. The van der Waals surface area contributed by atoms with Gasteiger partial charge < -0.3 is 18.3 Å². The predicted octanol–water partition coefficient (Wildman–Crippen LogP) is 21.2. The normalized spacial score (nSPS) is 11.9. The third-order valence-corrected chi connectivity index (χ3v) is 19.2. The summed E-state index contributed by atoms with van der Waals surface area (Å²) in [6.07, 6.45) is 0. The molecule has 0 atom stereocenters. The molecule has 0 fully saturated rings. The lowest BCUT2D eigenvalue weighted by atomic mass is 9.87. The molecule has 0 aliphatic rings. The maximum Gasteiger partial charge on any atom is 0.104 e. The van der Waals surface area contributed by atoms with Gasteiger partial charge in [0.15, 0.2) is 0 Å². The maximum atomic E-state index is 13.1. The Labute approximate surface area is 502 Å². The topological polar surface area (TPSA) is 67.3 Å². The van der Waals surface area contributed by atoms with Gasteiger partial charge in [-0.05, 0) is 88.0 Å². The van der Waals surface area contributed by atoms with E-state index in [1.54, 1.807) is 11.3 Å². The van der Waals surface area contributed by atoms with E-state index in [2.05, 4.69) is 309 Å². The monoisotopic (exact) mass is 1120 g/mol. The van der Waals surface area contributed by atoms with E-state index >= 15 is 0 Å². The van der Waals surface area contributed by atoms with E-state index in [1.807, 2.05) is 0 Å². The van der Waals surface area contributed by atoms with Crippen molar-refractivity contribution >= 4 is 119 Å². The number of para-hydroxylation sites is 6. The minimum atomic E-state index is 0.413. The van der Waals surface area contributed by atoms with E-state index in [-0.39, 0.29) is 0 Å². The molecule has 0 amide bonds. The van der Waals surface area contributed by atoms with Crippen LogP contribution in [0.3, 0.4) is 0 Å². The Morgan fingerprint density at radius 3 is 1.05 bits per heavy atom. The second-order valence-electron chi connectivity index (χ2n) is 22.4. The van der Waals surface area contributed by atoms with Crippen molar-refractivity contribution in [1.29, 1.82) is 10.5 Å². The van der Waals surface area contributed by atoms with Crippen molar-refractivity contribution in [1.82, 2.24) is 18.3 Å². The van der Waals surface area contributed by atoms with Crippen LogP contribution in [0.15, 0.2) is 279 Å². The molecule has 6 nitrogen and oxygen atoms in total. The number of aromatic nitrogens is 4. The van der Waals surface area contributed by atoms with Gasteiger partial charge in [-0.3, -0.25) is 0 Å². The van der Waals surface area contributed by atoms with Crippen molar-refractivity contribution in [3.8, 4) is 68.3 Å². The molecule has 0 bridgehead atoms. The van der Waals surface area contributed by atoms with E-state index in [1.165, 1.54) is 0 Å². The molecule has 5 heterocycles. The molecule has 0 aliphatic heterocycles. The summed E-state index contributed by atoms with van der Waals surface area (Å²) >= 11 is 1.77. The molecule has 13 aromatic carbocycles. The molecule has 7 heteroatoms. The van der Waals surface area contributed by atoms with Crippen molar-refractivity contribution in [3.05, 3.63) is 290 Å². The van der Waals surface area contributed by atoms with E-state index in [4.69, 9.17) is 0 Å². The van der Waals surface area contributed by atoms with Gasteiger partial charge in [0.25, 0.3) is 0 Å². The molecule has 0 spiro atoms. The van der Waals surface area contributed by atoms with Crippen LogP contribution in [0.2, 0.25) is 0 Å². The summed E-state index contributed by atoms with van der Waals surface area (Å²) in [5.41, 5.74) is 17.3. The van der Waals surface area contributed by atoms with E-state index in [0.717, 1.165) is 141 Å². The zero-order valence-corrected chi connectivity index (χ0v) is 47.5. The molecule has 0 unspecified atom stereocenters. The third kappa shape index (κ3) is 6.89. The lowest BCUT2D eigenvalue weighted by Gasteiger charge is -2.27. The molecule has 0 saturated heterocycles. The highest BCUT2D eigenvalue weighted by Crippen LogP contribution is 2.52. The molecule has 402 valence electrons. The fraction of sp³-hybridized carbons (Fsp3) is 0. The molecule has 0 aliphatic carbocycles. The number of rotatable bonds is 7. The van der Waals surface area contributed by atoms with Crippen LogP contribution in [0.5, 0.6) is 0 Å². The average Bonchev–Trinajstić information content (AvgIpc) is 1.68. The molecule has 87 heavy (non-hydrogen) atoms. The Morgan fingerprint density at radius 2 is 0.621 bits per heavy atom. The van der Waals surface area contributed by atoms with Crippen LogP contribution in [0, 0.1) is 22.7 Å². The summed E-state index contributed by atoms with van der Waals surface area (Å²) in [4.78, 5) is 0. The van der Waals surface area contributed by atoms with Crippen LogP contribution in [-0.2, 0) is 0 Å². The average molecular weight is 1120 g/mol. The molecule has 18 aromatic rings. The van der Waals surface area contributed by atoms with Crippen LogP contribution >= 0.6 is 11.3 Å². The number of hydrogen-bond donors (Lipinski definition) is 0. The number of nitriles is 2. The first-order chi connectivity index (χ1) is 43.2. The Morgan fingerprint density at radius 1 is 0.264 bits per heavy atom. The van der Waals surface area contributed by atoms with Gasteiger partial charge in [0.05, 0.1) is 71.6 Å². The van der Waals surface area contributed by atoms with Crippen molar-refractivity contribution < 1.29 is 0 Å². The van der Waals surface area contributed by atoms with E-state index in [0.29, 0.717) is 33.9 Å². The predicted molar refractivity (Wildman–Crippen MR) is 362 cm³/mol. The maximum absolute atomic E-state index is 13.1. The number of thiophene rings is 1. The van der Waals surface area contributed by atoms with Gasteiger partial charge in [-0.2, -0.15) is 10.5 Å². The van der Waals surface area contributed by atoms with Crippen LogP contribution < -0.4 is 0 Å². The second kappa shape index (κ2) is 18.9. The van der Waals surface area contributed by atoms with Crippen molar-refractivity contribution in [3.63, 3.8) is 0 Å². The van der Waals surface area contributed by atoms with Crippen LogP contribution in [0.25, 0.3) is 164 Å². The number of hydrogen-bond acceptors (Lipinski definition) is 3. The fourth-order valence-electron chi connectivity index (χ4n) is 14.5. The van der Waals surface area contributed by atoms with Crippen molar-refractivity contribution in [2.24, 2.45) is 0 Å².